The number of carbonyl (C=O) groups is 3. The molecule has 73 heavy (non-hydrogen) atoms. The lowest BCUT2D eigenvalue weighted by Gasteiger charge is -2.39. The Balaban J connectivity index is 1.21. The standard InChI is InChI=1S/C53H66ClN7O11S/c1-51(2,3)71-49(63)42-29-45(46(55)47(57-42)50(64)72-52(4,5)6)70-44-27-37(60-23-21-59(22-24-60)32-35-17-20-53(7,8)30-40(35)34-9-11-36(54)12-10-34)13-15-39(44)48(62)58-73(67,68)38-14-16-41(43(28-38)61(65)66)56-31-33-18-25-69-26-19-33/h9-16,27-29,33,56H,17-26,30-32,55H2,1-8H3,(H,58,62). The first-order chi connectivity index (χ1) is 34.2. The molecule has 1 amide bonds. The number of hydrogen-bond donors (Lipinski definition) is 3. The number of hydrogen-bond acceptors (Lipinski definition) is 16. The van der Waals surface area contributed by atoms with Gasteiger partial charge in [0.15, 0.2) is 17.1 Å². The number of benzene rings is 3. The van der Waals surface area contributed by atoms with Gasteiger partial charge in [0.25, 0.3) is 21.6 Å². The van der Waals surface area contributed by atoms with E-state index in [1.807, 2.05) is 16.9 Å². The molecule has 3 heterocycles. The molecule has 0 unspecified atom stereocenters. The Hall–Kier alpha value is -6.28. The number of halogens is 1. The number of sulfonamides is 1. The number of nitro benzene ring substituents is 1. The molecule has 392 valence electrons. The van der Waals surface area contributed by atoms with Crippen molar-refractivity contribution in [1.82, 2.24) is 14.6 Å². The second-order valence-electron chi connectivity index (χ2n) is 21.6. The van der Waals surface area contributed by atoms with Crippen LogP contribution in [0.4, 0.5) is 22.7 Å². The number of amides is 1. The summed E-state index contributed by atoms with van der Waals surface area (Å²) < 4.78 is 52.9. The molecule has 4 N–H and O–H groups in total. The average Bonchev–Trinajstić information content (AvgIpc) is 3.31. The van der Waals surface area contributed by atoms with E-state index in [0.29, 0.717) is 56.6 Å². The van der Waals surface area contributed by atoms with Crippen molar-refractivity contribution in [3.8, 4) is 11.5 Å². The Morgan fingerprint density at radius 2 is 1.56 bits per heavy atom. The third-order valence-electron chi connectivity index (χ3n) is 12.8. The summed E-state index contributed by atoms with van der Waals surface area (Å²) in [5.74, 6) is -3.30. The van der Waals surface area contributed by atoms with Crippen LogP contribution in [0.2, 0.25) is 5.02 Å². The lowest BCUT2D eigenvalue weighted by Crippen LogP contribution is -2.47. The maximum atomic E-state index is 14.3. The van der Waals surface area contributed by atoms with Gasteiger partial charge < -0.3 is 34.9 Å². The van der Waals surface area contributed by atoms with Crippen LogP contribution < -0.4 is 25.4 Å². The SMILES string of the molecule is CC1(C)CCC(CN2CCN(c3ccc(C(=O)NS(=O)(=O)c4ccc(NCC5CCOCC5)c([N+](=O)[O-])c4)c(Oc4cc(C(=O)OC(C)(C)C)nc(C(=O)OC(C)(C)C)c4N)c3)CC2)=C(c2ccc(Cl)cc2)C1. The van der Waals surface area contributed by atoms with E-state index in [9.17, 15) is 32.9 Å². The minimum atomic E-state index is -4.75. The highest BCUT2D eigenvalue weighted by atomic mass is 35.5. The number of esters is 2. The molecule has 0 bridgehead atoms. The highest BCUT2D eigenvalue weighted by molar-refractivity contribution is 7.90. The Kier molecular flexibility index (Phi) is 16.5. The minimum Gasteiger partial charge on any atom is -0.455 e. The molecule has 3 aromatic carbocycles. The van der Waals surface area contributed by atoms with Crippen LogP contribution in [0.1, 0.15) is 124 Å². The van der Waals surface area contributed by atoms with Gasteiger partial charge >= 0.3 is 11.9 Å². The fourth-order valence-electron chi connectivity index (χ4n) is 8.95. The van der Waals surface area contributed by atoms with Crippen molar-refractivity contribution in [3.63, 3.8) is 0 Å². The molecule has 2 saturated heterocycles. The van der Waals surface area contributed by atoms with Gasteiger partial charge in [-0.15, -0.1) is 0 Å². The second kappa shape index (κ2) is 22.1. The molecule has 18 nitrogen and oxygen atoms in total. The average molecular weight is 1040 g/mol. The smallest absolute Gasteiger partial charge is 0.359 e. The number of ether oxygens (including phenoxy) is 4. The maximum absolute atomic E-state index is 14.3. The number of pyridine rings is 1. The number of nitrogen functional groups attached to an aromatic ring is 1. The Morgan fingerprint density at radius 3 is 2.21 bits per heavy atom. The van der Waals surface area contributed by atoms with E-state index in [2.05, 4.69) is 46.1 Å². The summed E-state index contributed by atoms with van der Waals surface area (Å²) in [5.41, 5.74) is 7.51. The van der Waals surface area contributed by atoms with Crippen molar-refractivity contribution in [2.75, 3.05) is 68.4 Å². The van der Waals surface area contributed by atoms with Crippen LogP contribution in [0, 0.1) is 21.4 Å². The zero-order chi connectivity index (χ0) is 53.0. The molecule has 0 radical (unpaired) electrons. The third-order valence-corrected chi connectivity index (χ3v) is 14.4. The zero-order valence-electron chi connectivity index (χ0n) is 42.8. The number of nitro groups is 1. The summed E-state index contributed by atoms with van der Waals surface area (Å²) in [6.07, 6.45) is 4.55. The van der Waals surface area contributed by atoms with Gasteiger partial charge in [0.1, 0.15) is 28.3 Å². The van der Waals surface area contributed by atoms with Gasteiger partial charge in [-0.05, 0) is 133 Å². The topological polar surface area (TPSA) is 235 Å². The number of rotatable bonds is 15. The first-order valence-corrected chi connectivity index (χ1v) is 26.3. The first-order valence-electron chi connectivity index (χ1n) is 24.4. The lowest BCUT2D eigenvalue weighted by molar-refractivity contribution is -0.384. The zero-order valence-corrected chi connectivity index (χ0v) is 44.3. The van der Waals surface area contributed by atoms with Crippen molar-refractivity contribution in [2.24, 2.45) is 11.3 Å². The van der Waals surface area contributed by atoms with Gasteiger partial charge in [0, 0.05) is 81.4 Å². The molecular formula is C53H66ClN7O11S. The van der Waals surface area contributed by atoms with E-state index >= 15 is 0 Å². The third kappa shape index (κ3) is 14.3. The van der Waals surface area contributed by atoms with Gasteiger partial charge in [-0.3, -0.25) is 19.8 Å². The summed E-state index contributed by atoms with van der Waals surface area (Å²) in [4.78, 5) is 61.2. The van der Waals surface area contributed by atoms with Crippen LogP contribution in [0.3, 0.4) is 0 Å². The van der Waals surface area contributed by atoms with Gasteiger partial charge in [-0.25, -0.2) is 27.7 Å². The molecule has 2 fully saturated rings. The lowest BCUT2D eigenvalue weighted by atomic mass is 9.72. The molecule has 4 aromatic rings. The highest BCUT2D eigenvalue weighted by Gasteiger charge is 2.33. The summed E-state index contributed by atoms with van der Waals surface area (Å²) in [6.45, 7) is 19.4. The van der Waals surface area contributed by atoms with Gasteiger partial charge in [-0.1, -0.05) is 43.2 Å². The molecular weight excluding hydrogens is 978 g/mol. The quantitative estimate of drug-likeness (QED) is 0.0571. The molecule has 7 rings (SSSR count). The number of allylic oxidation sites excluding steroid dienone is 1. The number of piperazine rings is 1. The highest BCUT2D eigenvalue weighted by Crippen LogP contribution is 2.44. The van der Waals surface area contributed by atoms with Crippen LogP contribution in [-0.2, 0) is 24.2 Å². The Bertz CT molecular complexity index is 2880. The van der Waals surface area contributed by atoms with Gasteiger partial charge in [0.2, 0.25) is 0 Å². The molecule has 3 aliphatic rings. The molecule has 20 heteroatoms. The number of nitrogens with zero attached hydrogens (tertiary/aromatic N) is 4. The minimum absolute atomic E-state index is 0.123. The predicted molar refractivity (Wildman–Crippen MR) is 280 cm³/mol. The van der Waals surface area contributed by atoms with E-state index in [1.54, 1.807) is 53.7 Å². The van der Waals surface area contributed by atoms with Crippen molar-refractivity contribution in [3.05, 3.63) is 110 Å². The molecule has 1 aliphatic carbocycles. The van der Waals surface area contributed by atoms with Crippen LogP contribution in [-0.4, -0.2) is 105 Å². The number of aromatic nitrogens is 1. The second-order valence-corrected chi connectivity index (χ2v) is 23.7. The van der Waals surface area contributed by atoms with Crippen molar-refractivity contribution < 1.29 is 46.7 Å². The fourth-order valence-corrected chi connectivity index (χ4v) is 10.1. The number of nitrogens with two attached hydrogens (primary N) is 1. The predicted octanol–water partition coefficient (Wildman–Crippen LogP) is 9.67. The maximum Gasteiger partial charge on any atom is 0.359 e. The van der Waals surface area contributed by atoms with Gasteiger partial charge in [-0.2, -0.15) is 0 Å². The van der Waals surface area contributed by atoms with E-state index in [-0.39, 0.29) is 45.5 Å². The molecule has 1 aromatic heterocycles. The molecule has 0 atom stereocenters. The van der Waals surface area contributed by atoms with E-state index in [1.165, 1.54) is 34.9 Å². The number of carbonyl (C=O) groups excluding carboxylic acids is 3. The molecule has 2 aliphatic heterocycles. The Morgan fingerprint density at radius 1 is 0.904 bits per heavy atom. The monoisotopic (exact) mass is 1040 g/mol. The van der Waals surface area contributed by atoms with Crippen molar-refractivity contribution in [2.45, 2.75) is 104 Å². The summed E-state index contributed by atoms with van der Waals surface area (Å²) in [6, 6.07) is 17.1. The summed E-state index contributed by atoms with van der Waals surface area (Å²) in [7, 11) is -4.75. The van der Waals surface area contributed by atoms with Crippen LogP contribution in [0.25, 0.3) is 5.57 Å². The van der Waals surface area contributed by atoms with Crippen molar-refractivity contribution in [1.29, 1.82) is 0 Å². The number of anilines is 3. The van der Waals surface area contributed by atoms with Crippen molar-refractivity contribution >= 4 is 67.8 Å². The fraction of sp³-hybridized carbons (Fsp3) is 0.472. The van der Waals surface area contributed by atoms with Crippen LogP contribution in [0.5, 0.6) is 11.5 Å². The summed E-state index contributed by atoms with van der Waals surface area (Å²) in [5, 5.41) is 16.0. The van der Waals surface area contributed by atoms with Gasteiger partial charge in [0.05, 0.1) is 15.4 Å². The molecule has 0 spiro atoms. The summed E-state index contributed by atoms with van der Waals surface area (Å²) >= 11 is 6.26. The van der Waals surface area contributed by atoms with Crippen LogP contribution >= 0.6 is 11.6 Å². The number of nitrogens with one attached hydrogen (secondary N) is 2. The first kappa shape index (κ1) is 54.5. The normalized spacial score (nSPS) is 16.9. The molecule has 0 saturated carbocycles. The largest absolute Gasteiger partial charge is 0.455 e. The van der Waals surface area contributed by atoms with E-state index in [4.69, 9.17) is 36.3 Å². The van der Waals surface area contributed by atoms with E-state index in [0.717, 1.165) is 50.8 Å². The van der Waals surface area contributed by atoms with Crippen LogP contribution in [0.15, 0.2) is 77.2 Å². The van der Waals surface area contributed by atoms with E-state index < -0.39 is 60.3 Å². The Labute approximate surface area is 432 Å².